The van der Waals surface area contributed by atoms with Gasteiger partial charge < -0.3 is 9.47 Å². The average molecular weight is 557 g/mol. The van der Waals surface area contributed by atoms with Gasteiger partial charge in [0.25, 0.3) is 0 Å². The topological polar surface area (TPSA) is 88.2 Å². The van der Waals surface area contributed by atoms with E-state index < -0.39 is 11.9 Å². The van der Waals surface area contributed by atoms with Gasteiger partial charge in [-0.05, 0) is 38.1 Å². The number of ether oxygens (including phenoxy) is 2. The minimum atomic E-state index is -0.482. The molecule has 2 aromatic heterocycles. The van der Waals surface area contributed by atoms with E-state index in [1.54, 1.807) is 35.3 Å². The molecule has 0 saturated heterocycles. The predicted octanol–water partition coefficient (Wildman–Crippen LogP) is 6.90. The lowest BCUT2D eigenvalue weighted by Gasteiger charge is -2.15. The number of rotatable bonds is 8. The Labute approximate surface area is 242 Å². The van der Waals surface area contributed by atoms with E-state index in [2.05, 4.69) is 0 Å². The van der Waals surface area contributed by atoms with Gasteiger partial charge >= 0.3 is 11.9 Å². The van der Waals surface area contributed by atoms with Crippen LogP contribution in [-0.4, -0.2) is 44.7 Å². The standard InChI is InChI=1S/C34H28N4O4/c1-3-41-33(39)27-21-31(23-13-7-5-8-14-23)37(35-27)29-19-20-30(26-18-12-11-17-25(26)29)38-32(24-15-9-6-10-16-24)22-28(36-38)34(40)42-4-2/h5-22H,3-4H2,1-2H3. The number of carbonyl (C=O) groups is 2. The lowest BCUT2D eigenvalue weighted by Crippen LogP contribution is -2.08. The Kier molecular flexibility index (Phi) is 7.34. The van der Waals surface area contributed by atoms with Crippen LogP contribution in [0.2, 0.25) is 0 Å². The molecule has 2 heterocycles. The van der Waals surface area contributed by atoms with Crippen molar-refractivity contribution >= 4 is 22.7 Å². The van der Waals surface area contributed by atoms with Gasteiger partial charge in [-0.3, -0.25) is 0 Å². The fourth-order valence-corrected chi connectivity index (χ4v) is 5.00. The fraction of sp³-hybridized carbons (Fsp3) is 0.118. The molecule has 0 bridgehead atoms. The summed E-state index contributed by atoms with van der Waals surface area (Å²) >= 11 is 0. The minimum absolute atomic E-state index is 0.223. The van der Waals surface area contributed by atoms with Crippen molar-refractivity contribution < 1.29 is 19.1 Å². The molecule has 8 heteroatoms. The van der Waals surface area contributed by atoms with Crippen molar-refractivity contribution in [2.75, 3.05) is 13.2 Å². The van der Waals surface area contributed by atoms with Crippen molar-refractivity contribution in [2.24, 2.45) is 0 Å². The van der Waals surface area contributed by atoms with Gasteiger partial charge in [0.1, 0.15) is 0 Å². The van der Waals surface area contributed by atoms with Crippen molar-refractivity contribution in [1.29, 1.82) is 0 Å². The lowest BCUT2D eigenvalue weighted by atomic mass is 10.1. The Balaban J connectivity index is 1.57. The third-order valence-electron chi connectivity index (χ3n) is 6.86. The summed E-state index contributed by atoms with van der Waals surface area (Å²) in [5, 5.41) is 11.2. The van der Waals surface area contributed by atoms with Gasteiger partial charge in [0.05, 0.1) is 36.0 Å². The molecule has 0 atom stereocenters. The van der Waals surface area contributed by atoms with Gasteiger partial charge in [-0.15, -0.1) is 0 Å². The molecule has 0 N–H and O–H groups in total. The van der Waals surface area contributed by atoms with E-state index in [4.69, 9.17) is 19.7 Å². The van der Waals surface area contributed by atoms with E-state index in [0.29, 0.717) is 0 Å². The Morgan fingerprint density at radius 1 is 0.571 bits per heavy atom. The molecule has 4 aromatic carbocycles. The molecule has 42 heavy (non-hydrogen) atoms. The zero-order valence-corrected chi connectivity index (χ0v) is 23.2. The molecule has 8 nitrogen and oxygen atoms in total. The molecular formula is C34H28N4O4. The molecular weight excluding hydrogens is 528 g/mol. The average Bonchev–Trinajstić information content (AvgIpc) is 3.68. The first-order valence-electron chi connectivity index (χ1n) is 13.8. The van der Waals surface area contributed by atoms with E-state index in [1.165, 1.54) is 0 Å². The van der Waals surface area contributed by atoms with Crippen LogP contribution in [0.15, 0.2) is 109 Å². The molecule has 0 unspecified atom stereocenters. The number of benzene rings is 4. The van der Waals surface area contributed by atoms with Gasteiger partial charge in [0, 0.05) is 21.9 Å². The summed E-state index contributed by atoms with van der Waals surface area (Å²) in [6.45, 7) is 4.05. The molecule has 0 aliphatic heterocycles. The Morgan fingerprint density at radius 2 is 0.952 bits per heavy atom. The second-order valence-electron chi connectivity index (χ2n) is 9.48. The zero-order chi connectivity index (χ0) is 29.1. The predicted molar refractivity (Wildman–Crippen MR) is 161 cm³/mol. The second kappa shape index (κ2) is 11.5. The van der Waals surface area contributed by atoms with E-state index >= 15 is 0 Å². The van der Waals surface area contributed by atoms with Crippen molar-refractivity contribution in [3.63, 3.8) is 0 Å². The maximum absolute atomic E-state index is 12.7. The quantitative estimate of drug-likeness (QED) is 0.190. The molecule has 0 aliphatic rings. The number of aromatic nitrogens is 4. The molecule has 6 aromatic rings. The molecule has 0 fully saturated rings. The number of fused-ring (bicyclic) bond motifs is 1. The highest BCUT2D eigenvalue weighted by Gasteiger charge is 2.22. The molecule has 208 valence electrons. The second-order valence-corrected chi connectivity index (χ2v) is 9.48. The van der Waals surface area contributed by atoms with Crippen LogP contribution in [0.25, 0.3) is 44.7 Å². The van der Waals surface area contributed by atoms with Gasteiger partial charge in [-0.25, -0.2) is 19.0 Å². The highest BCUT2D eigenvalue weighted by atomic mass is 16.5. The van der Waals surface area contributed by atoms with Crippen LogP contribution in [0.5, 0.6) is 0 Å². The monoisotopic (exact) mass is 556 g/mol. The largest absolute Gasteiger partial charge is 0.461 e. The third-order valence-corrected chi connectivity index (χ3v) is 6.86. The van der Waals surface area contributed by atoms with Crippen LogP contribution in [0, 0.1) is 0 Å². The zero-order valence-electron chi connectivity index (χ0n) is 23.2. The van der Waals surface area contributed by atoms with Crippen LogP contribution in [-0.2, 0) is 9.47 Å². The van der Waals surface area contributed by atoms with Crippen molar-refractivity contribution in [3.8, 4) is 33.9 Å². The van der Waals surface area contributed by atoms with Crippen molar-refractivity contribution in [2.45, 2.75) is 13.8 Å². The Hall–Kier alpha value is -5.50. The summed E-state index contributed by atoms with van der Waals surface area (Å²) < 4.78 is 14.1. The lowest BCUT2D eigenvalue weighted by molar-refractivity contribution is 0.0509. The van der Waals surface area contributed by atoms with Gasteiger partial charge in [-0.2, -0.15) is 10.2 Å². The summed E-state index contributed by atoms with van der Waals surface area (Å²) in [6, 6.07) is 34.9. The van der Waals surface area contributed by atoms with Crippen molar-refractivity contribution in [3.05, 3.63) is 121 Å². The first-order chi connectivity index (χ1) is 20.6. The van der Waals surface area contributed by atoms with E-state index in [-0.39, 0.29) is 24.6 Å². The smallest absolute Gasteiger partial charge is 0.358 e. The minimum Gasteiger partial charge on any atom is -0.461 e. The summed E-state index contributed by atoms with van der Waals surface area (Å²) in [4.78, 5) is 25.4. The van der Waals surface area contributed by atoms with Crippen LogP contribution in [0.3, 0.4) is 0 Å². The molecule has 0 amide bonds. The molecule has 6 rings (SSSR count). The SMILES string of the molecule is CCOC(=O)c1cc(-c2ccccc2)n(-c2ccc(-n3nc(C(=O)OCC)cc3-c3ccccc3)c3ccccc23)n1. The maximum Gasteiger partial charge on any atom is 0.358 e. The van der Waals surface area contributed by atoms with E-state index in [9.17, 15) is 9.59 Å². The van der Waals surface area contributed by atoms with Crippen LogP contribution in [0.1, 0.15) is 34.8 Å². The van der Waals surface area contributed by atoms with E-state index in [0.717, 1.165) is 44.7 Å². The summed E-state index contributed by atoms with van der Waals surface area (Å²) in [5.41, 5.74) is 5.33. The number of hydrogen-bond donors (Lipinski definition) is 0. The number of nitrogens with zero attached hydrogens (tertiary/aromatic N) is 4. The number of esters is 2. The van der Waals surface area contributed by atoms with Gasteiger partial charge in [0.2, 0.25) is 0 Å². The van der Waals surface area contributed by atoms with Crippen LogP contribution in [0.4, 0.5) is 0 Å². The third kappa shape index (κ3) is 4.94. The highest BCUT2D eigenvalue weighted by molar-refractivity contribution is 5.98. The van der Waals surface area contributed by atoms with Crippen molar-refractivity contribution in [1.82, 2.24) is 19.6 Å². The van der Waals surface area contributed by atoms with Gasteiger partial charge in [-0.1, -0.05) is 84.9 Å². The summed E-state index contributed by atoms with van der Waals surface area (Å²) in [7, 11) is 0. The normalized spacial score (nSPS) is 11.0. The molecule has 0 saturated carbocycles. The number of hydrogen-bond acceptors (Lipinski definition) is 6. The summed E-state index contributed by atoms with van der Waals surface area (Å²) in [5.74, 6) is -0.963. The maximum atomic E-state index is 12.7. The Bertz CT molecular complexity index is 1750. The number of carbonyl (C=O) groups excluding carboxylic acids is 2. The first-order valence-corrected chi connectivity index (χ1v) is 13.8. The molecule has 0 aliphatic carbocycles. The Morgan fingerprint density at radius 3 is 1.33 bits per heavy atom. The fourth-order valence-electron chi connectivity index (χ4n) is 5.00. The molecule has 0 radical (unpaired) electrons. The first kappa shape index (κ1) is 26.7. The van der Waals surface area contributed by atoms with Gasteiger partial charge in [0.15, 0.2) is 11.4 Å². The van der Waals surface area contributed by atoms with Crippen LogP contribution < -0.4 is 0 Å². The summed E-state index contributed by atoms with van der Waals surface area (Å²) in [6.07, 6.45) is 0. The van der Waals surface area contributed by atoms with Crippen LogP contribution >= 0.6 is 0 Å². The molecule has 0 spiro atoms. The van der Waals surface area contributed by atoms with E-state index in [1.807, 2.05) is 97.1 Å². The highest BCUT2D eigenvalue weighted by Crippen LogP contribution is 2.34.